The van der Waals surface area contributed by atoms with E-state index < -0.39 is 11.2 Å². The van der Waals surface area contributed by atoms with Crippen molar-refractivity contribution in [2.45, 2.75) is 51.6 Å². The third kappa shape index (κ3) is 4.17. The number of H-pyrrole nitrogens is 1. The minimum Gasteiger partial charge on any atom is -0.497 e. The SMILES string of the molecule is CCCn1c(=O)[nH]c(=O)c2cc(C(=O)N3CCCCCC3c3ccc(OC)cc3)cnc21. The smallest absolute Gasteiger partial charge is 0.329 e. The first-order valence-electron chi connectivity index (χ1n) is 11.1. The maximum Gasteiger partial charge on any atom is 0.329 e. The number of hydrogen-bond donors (Lipinski definition) is 1. The van der Waals surface area contributed by atoms with E-state index in [0.717, 1.165) is 43.4 Å². The van der Waals surface area contributed by atoms with Crippen LogP contribution in [0.2, 0.25) is 0 Å². The number of carbonyl (C=O) groups is 1. The standard InChI is InChI=1S/C24H28N4O4/c1-3-12-28-21-19(22(29)26-24(28)31)14-17(15-25-21)23(30)27-13-6-4-5-7-20(27)16-8-10-18(32-2)11-9-16/h8-11,14-15,20H,3-7,12-13H2,1-2H3,(H,26,29,31). The van der Waals surface area contributed by atoms with Gasteiger partial charge in [-0.2, -0.15) is 0 Å². The maximum atomic E-state index is 13.6. The van der Waals surface area contributed by atoms with Gasteiger partial charge < -0.3 is 9.64 Å². The molecule has 3 aromatic rings. The number of methoxy groups -OCH3 is 1. The number of aromatic amines is 1. The molecule has 1 amide bonds. The van der Waals surface area contributed by atoms with Crippen LogP contribution in [0.5, 0.6) is 5.75 Å². The Kier molecular flexibility index (Phi) is 6.39. The van der Waals surface area contributed by atoms with Gasteiger partial charge in [0.05, 0.1) is 24.1 Å². The van der Waals surface area contributed by atoms with Crippen molar-refractivity contribution in [2.24, 2.45) is 0 Å². The minimum atomic E-state index is -0.526. The number of nitrogens with one attached hydrogen (secondary N) is 1. The van der Waals surface area contributed by atoms with Crippen molar-refractivity contribution in [2.75, 3.05) is 13.7 Å². The summed E-state index contributed by atoms with van der Waals surface area (Å²) in [5, 5.41) is 0.250. The van der Waals surface area contributed by atoms with Crippen molar-refractivity contribution in [3.8, 4) is 5.75 Å². The third-order valence-corrected chi connectivity index (χ3v) is 6.04. The van der Waals surface area contributed by atoms with Gasteiger partial charge in [-0.15, -0.1) is 0 Å². The maximum absolute atomic E-state index is 13.6. The number of ether oxygens (including phenoxy) is 1. The van der Waals surface area contributed by atoms with Gasteiger partial charge in [0.15, 0.2) is 0 Å². The Hall–Kier alpha value is -3.42. The Morgan fingerprint density at radius 3 is 2.69 bits per heavy atom. The Labute approximate surface area is 185 Å². The highest BCUT2D eigenvalue weighted by atomic mass is 16.5. The molecule has 1 unspecified atom stereocenters. The summed E-state index contributed by atoms with van der Waals surface area (Å²) in [5.41, 5.74) is 0.708. The van der Waals surface area contributed by atoms with Gasteiger partial charge >= 0.3 is 5.69 Å². The molecule has 0 saturated carbocycles. The van der Waals surface area contributed by atoms with E-state index in [1.54, 1.807) is 13.2 Å². The van der Waals surface area contributed by atoms with Crippen LogP contribution in [0.4, 0.5) is 0 Å². The Balaban J connectivity index is 1.73. The predicted octanol–water partition coefficient (Wildman–Crippen LogP) is 3.26. The van der Waals surface area contributed by atoms with Gasteiger partial charge in [-0.05, 0) is 43.0 Å². The number of rotatable bonds is 5. The second-order valence-corrected chi connectivity index (χ2v) is 8.14. The van der Waals surface area contributed by atoms with E-state index in [2.05, 4.69) is 9.97 Å². The molecule has 1 fully saturated rings. The zero-order chi connectivity index (χ0) is 22.7. The molecule has 0 radical (unpaired) electrons. The number of pyridine rings is 1. The number of aromatic nitrogens is 3. The van der Waals surface area contributed by atoms with Crippen LogP contribution >= 0.6 is 0 Å². The summed E-state index contributed by atoms with van der Waals surface area (Å²) in [6.07, 6.45) is 6.10. The van der Waals surface area contributed by atoms with Crippen molar-refractivity contribution < 1.29 is 9.53 Å². The monoisotopic (exact) mass is 436 g/mol. The molecule has 1 saturated heterocycles. The first-order chi connectivity index (χ1) is 15.5. The molecule has 1 aliphatic rings. The molecule has 3 heterocycles. The van der Waals surface area contributed by atoms with E-state index in [1.807, 2.05) is 36.1 Å². The van der Waals surface area contributed by atoms with Crippen LogP contribution in [0.3, 0.4) is 0 Å². The molecule has 1 aromatic carbocycles. The molecular weight excluding hydrogens is 408 g/mol. The topological polar surface area (TPSA) is 97.3 Å². The van der Waals surface area contributed by atoms with Crippen LogP contribution in [-0.4, -0.2) is 39.0 Å². The van der Waals surface area contributed by atoms with E-state index in [-0.39, 0.29) is 17.3 Å². The molecular formula is C24H28N4O4. The van der Waals surface area contributed by atoms with Crippen molar-refractivity contribution in [3.05, 3.63) is 68.5 Å². The van der Waals surface area contributed by atoms with Crippen molar-refractivity contribution >= 4 is 16.9 Å². The lowest BCUT2D eigenvalue weighted by molar-refractivity contribution is 0.0680. The Morgan fingerprint density at radius 1 is 1.19 bits per heavy atom. The summed E-state index contributed by atoms with van der Waals surface area (Å²) in [6.45, 7) is 3.03. The summed E-state index contributed by atoms with van der Waals surface area (Å²) in [4.78, 5) is 46.8. The number of benzene rings is 1. The van der Waals surface area contributed by atoms with Gasteiger partial charge in [-0.1, -0.05) is 31.9 Å². The van der Waals surface area contributed by atoms with Gasteiger partial charge in [0, 0.05) is 19.3 Å². The molecule has 1 atom stereocenters. The lowest BCUT2D eigenvalue weighted by atomic mass is 10.00. The van der Waals surface area contributed by atoms with Gasteiger partial charge in [0.25, 0.3) is 11.5 Å². The van der Waals surface area contributed by atoms with Crippen LogP contribution in [0.25, 0.3) is 11.0 Å². The van der Waals surface area contributed by atoms with E-state index in [4.69, 9.17) is 4.74 Å². The van der Waals surface area contributed by atoms with Crippen molar-refractivity contribution in [1.82, 2.24) is 19.4 Å². The summed E-state index contributed by atoms with van der Waals surface area (Å²) in [6, 6.07) is 9.33. The fraction of sp³-hybridized carbons (Fsp3) is 0.417. The highest BCUT2D eigenvalue weighted by Crippen LogP contribution is 2.32. The molecule has 1 N–H and O–H groups in total. The fourth-order valence-electron chi connectivity index (χ4n) is 4.41. The minimum absolute atomic E-state index is 0.0565. The highest BCUT2D eigenvalue weighted by molar-refractivity contribution is 5.97. The van der Waals surface area contributed by atoms with Crippen LogP contribution in [0.15, 0.2) is 46.1 Å². The summed E-state index contributed by atoms with van der Waals surface area (Å²) in [7, 11) is 1.63. The normalized spacial score (nSPS) is 16.7. The number of carbonyl (C=O) groups excluding carboxylic acids is 1. The molecule has 1 aliphatic heterocycles. The van der Waals surface area contributed by atoms with Gasteiger partial charge in [-0.25, -0.2) is 9.78 Å². The number of nitrogens with zero attached hydrogens (tertiary/aromatic N) is 3. The second kappa shape index (κ2) is 9.38. The van der Waals surface area contributed by atoms with E-state index in [9.17, 15) is 14.4 Å². The third-order valence-electron chi connectivity index (χ3n) is 6.04. The molecule has 8 heteroatoms. The number of fused-ring (bicyclic) bond motifs is 1. The molecule has 4 rings (SSSR count). The molecule has 32 heavy (non-hydrogen) atoms. The zero-order valence-corrected chi connectivity index (χ0v) is 18.5. The number of amides is 1. The van der Waals surface area contributed by atoms with Crippen LogP contribution in [-0.2, 0) is 6.54 Å². The molecule has 0 aliphatic carbocycles. The molecule has 168 valence electrons. The van der Waals surface area contributed by atoms with Crippen molar-refractivity contribution in [1.29, 1.82) is 0 Å². The second-order valence-electron chi connectivity index (χ2n) is 8.14. The van der Waals surface area contributed by atoms with Crippen LogP contribution < -0.4 is 16.0 Å². The van der Waals surface area contributed by atoms with Crippen LogP contribution in [0, 0.1) is 0 Å². The zero-order valence-electron chi connectivity index (χ0n) is 18.5. The van der Waals surface area contributed by atoms with Crippen LogP contribution in [0.1, 0.15) is 61.0 Å². The number of aryl methyl sites for hydroxylation is 1. The lowest BCUT2D eigenvalue weighted by Crippen LogP contribution is -2.35. The average molecular weight is 437 g/mol. The molecule has 8 nitrogen and oxygen atoms in total. The molecule has 0 spiro atoms. The van der Waals surface area contributed by atoms with E-state index in [0.29, 0.717) is 24.3 Å². The van der Waals surface area contributed by atoms with Crippen molar-refractivity contribution in [3.63, 3.8) is 0 Å². The van der Waals surface area contributed by atoms with Gasteiger partial charge in [-0.3, -0.25) is 19.1 Å². The largest absolute Gasteiger partial charge is 0.497 e. The summed E-state index contributed by atoms with van der Waals surface area (Å²) >= 11 is 0. The molecule has 0 bridgehead atoms. The highest BCUT2D eigenvalue weighted by Gasteiger charge is 2.28. The Morgan fingerprint density at radius 2 is 1.97 bits per heavy atom. The molecule has 2 aromatic heterocycles. The predicted molar refractivity (Wildman–Crippen MR) is 122 cm³/mol. The number of likely N-dealkylation sites (tertiary alicyclic amines) is 1. The summed E-state index contributed by atoms with van der Waals surface area (Å²) < 4.78 is 6.71. The first-order valence-corrected chi connectivity index (χ1v) is 11.1. The summed E-state index contributed by atoms with van der Waals surface area (Å²) in [5.74, 6) is 0.617. The number of hydrogen-bond acceptors (Lipinski definition) is 5. The Bertz CT molecular complexity index is 1230. The van der Waals surface area contributed by atoms with E-state index in [1.165, 1.54) is 10.8 Å². The van der Waals surface area contributed by atoms with Gasteiger partial charge in [0.2, 0.25) is 0 Å². The van der Waals surface area contributed by atoms with Gasteiger partial charge in [0.1, 0.15) is 11.4 Å². The first kappa shape index (κ1) is 21.8. The average Bonchev–Trinajstić information content (AvgIpc) is 3.07. The quantitative estimate of drug-likeness (QED) is 0.662. The lowest BCUT2D eigenvalue weighted by Gasteiger charge is -2.30. The van der Waals surface area contributed by atoms with E-state index >= 15 is 0 Å². The fourth-order valence-corrected chi connectivity index (χ4v) is 4.41.